The van der Waals surface area contributed by atoms with Crippen LogP contribution in [0.15, 0.2) is 24.3 Å². The van der Waals surface area contributed by atoms with Crippen LogP contribution in [0.25, 0.3) is 0 Å². The number of carbonyl (C=O) groups is 1. The van der Waals surface area contributed by atoms with E-state index < -0.39 is 0 Å². The molecule has 3 nitrogen and oxygen atoms in total. The molecule has 1 amide bonds. The summed E-state index contributed by atoms with van der Waals surface area (Å²) < 4.78 is 5.20. The van der Waals surface area contributed by atoms with Gasteiger partial charge >= 0.3 is 0 Å². The van der Waals surface area contributed by atoms with Gasteiger partial charge in [-0.15, -0.1) is 0 Å². The highest BCUT2D eigenvalue weighted by molar-refractivity contribution is 7.81. The average molecular weight is 253 g/mol. The first-order valence-electron chi connectivity index (χ1n) is 5.51. The minimum Gasteiger partial charge on any atom is -0.497 e. The smallest absolute Gasteiger partial charge is 0.229 e. The number of hydrogen-bond donors (Lipinski definition) is 2. The van der Waals surface area contributed by atoms with Crippen LogP contribution in [-0.2, 0) is 10.2 Å². The van der Waals surface area contributed by atoms with E-state index in [1.807, 2.05) is 24.3 Å². The summed E-state index contributed by atoms with van der Waals surface area (Å²) in [4.78, 5) is 11.2. The number of hydrogen-bond acceptors (Lipinski definition) is 3. The summed E-state index contributed by atoms with van der Waals surface area (Å²) in [5.41, 5.74) is 1.00. The van der Waals surface area contributed by atoms with E-state index >= 15 is 0 Å². The predicted octanol–water partition coefficient (Wildman–Crippen LogP) is 2.02. The molecule has 0 fully saturated rings. The normalized spacial score (nSPS) is 11.1. The second-order valence-corrected chi connectivity index (χ2v) is 4.87. The summed E-state index contributed by atoms with van der Waals surface area (Å²) in [7, 11) is 1.65. The topological polar surface area (TPSA) is 38.3 Å². The van der Waals surface area contributed by atoms with Crippen molar-refractivity contribution in [3.05, 3.63) is 29.8 Å². The van der Waals surface area contributed by atoms with Crippen molar-refractivity contribution in [3.8, 4) is 5.75 Å². The Bertz CT molecular complexity index is 391. The second-order valence-electron chi connectivity index (χ2n) is 4.55. The Kier molecular flexibility index (Phi) is 4.87. The van der Waals surface area contributed by atoms with Gasteiger partial charge in [0, 0.05) is 12.0 Å². The van der Waals surface area contributed by atoms with Gasteiger partial charge in [-0.05, 0) is 17.7 Å². The highest BCUT2D eigenvalue weighted by atomic mass is 32.1. The fraction of sp³-hybridized carbons (Fsp3) is 0.462. The Morgan fingerprint density at radius 2 is 2.18 bits per heavy atom. The Hall–Kier alpha value is -1.16. The standard InChI is InChI=1S/C13H19NO2S/c1-13(2,9-14-12(15)8-17)10-5-4-6-11(7-10)16-3/h4-7,17H,8-9H2,1-3H3,(H,14,15). The maximum absolute atomic E-state index is 11.2. The molecule has 0 aromatic heterocycles. The number of rotatable bonds is 5. The highest BCUT2D eigenvalue weighted by Gasteiger charge is 2.21. The molecule has 1 rings (SSSR count). The second kappa shape index (κ2) is 5.96. The molecule has 1 N–H and O–H groups in total. The first-order chi connectivity index (χ1) is 7.99. The number of amides is 1. The molecule has 0 aliphatic heterocycles. The van der Waals surface area contributed by atoms with Crippen LogP contribution in [0.1, 0.15) is 19.4 Å². The number of ether oxygens (including phenoxy) is 1. The Morgan fingerprint density at radius 1 is 1.47 bits per heavy atom. The zero-order valence-electron chi connectivity index (χ0n) is 10.5. The van der Waals surface area contributed by atoms with Crippen LogP contribution >= 0.6 is 12.6 Å². The number of thiol groups is 1. The fourth-order valence-electron chi connectivity index (χ4n) is 1.52. The third-order valence-corrected chi connectivity index (χ3v) is 3.01. The van der Waals surface area contributed by atoms with Gasteiger partial charge < -0.3 is 10.1 Å². The molecule has 0 aliphatic rings. The van der Waals surface area contributed by atoms with Crippen LogP contribution in [0.5, 0.6) is 5.75 Å². The summed E-state index contributed by atoms with van der Waals surface area (Å²) in [6, 6.07) is 7.89. The predicted molar refractivity (Wildman–Crippen MR) is 72.9 cm³/mol. The minimum atomic E-state index is -0.132. The van der Waals surface area contributed by atoms with E-state index in [1.165, 1.54) is 0 Å². The lowest BCUT2D eigenvalue weighted by Gasteiger charge is -2.26. The Labute approximate surface area is 108 Å². The fourth-order valence-corrected chi connectivity index (χ4v) is 1.63. The molecule has 4 heteroatoms. The number of methoxy groups -OCH3 is 1. The van der Waals surface area contributed by atoms with Crippen molar-refractivity contribution < 1.29 is 9.53 Å². The first-order valence-corrected chi connectivity index (χ1v) is 6.15. The third-order valence-electron chi connectivity index (χ3n) is 2.72. The van der Waals surface area contributed by atoms with Gasteiger partial charge in [0.15, 0.2) is 0 Å². The largest absolute Gasteiger partial charge is 0.497 e. The van der Waals surface area contributed by atoms with Crippen molar-refractivity contribution in [1.29, 1.82) is 0 Å². The quantitative estimate of drug-likeness (QED) is 0.788. The zero-order valence-corrected chi connectivity index (χ0v) is 11.4. The van der Waals surface area contributed by atoms with E-state index in [1.54, 1.807) is 7.11 Å². The van der Waals surface area contributed by atoms with Crippen molar-refractivity contribution in [2.45, 2.75) is 19.3 Å². The van der Waals surface area contributed by atoms with Crippen molar-refractivity contribution >= 4 is 18.5 Å². The van der Waals surface area contributed by atoms with Crippen LogP contribution in [-0.4, -0.2) is 25.3 Å². The van der Waals surface area contributed by atoms with E-state index in [0.29, 0.717) is 6.54 Å². The molecular formula is C13H19NO2S. The minimum absolute atomic E-state index is 0.0516. The van der Waals surface area contributed by atoms with Gasteiger partial charge in [-0.1, -0.05) is 26.0 Å². The molecule has 17 heavy (non-hydrogen) atoms. The molecule has 0 saturated carbocycles. The summed E-state index contributed by atoms with van der Waals surface area (Å²) in [6.07, 6.45) is 0. The molecule has 1 aromatic rings. The Balaban J connectivity index is 2.77. The third kappa shape index (κ3) is 3.97. The maximum Gasteiger partial charge on any atom is 0.229 e. The van der Waals surface area contributed by atoms with Gasteiger partial charge in [0.1, 0.15) is 5.75 Å². The molecule has 94 valence electrons. The summed E-state index contributed by atoms with van der Waals surface area (Å²) in [5.74, 6) is 0.995. The molecule has 1 aromatic carbocycles. The van der Waals surface area contributed by atoms with Gasteiger partial charge in [0.25, 0.3) is 0 Å². The van der Waals surface area contributed by atoms with Crippen LogP contribution < -0.4 is 10.1 Å². The molecule has 0 heterocycles. The molecule has 0 aliphatic carbocycles. The molecule has 0 saturated heterocycles. The summed E-state index contributed by atoms with van der Waals surface area (Å²) >= 11 is 3.93. The molecule has 0 spiro atoms. The van der Waals surface area contributed by atoms with Crippen LogP contribution in [0.3, 0.4) is 0 Å². The van der Waals surface area contributed by atoms with Crippen LogP contribution in [0, 0.1) is 0 Å². The number of benzene rings is 1. The van der Waals surface area contributed by atoms with Crippen molar-refractivity contribution in [2.24, 2.45) is 0 Å². The van der Waals surface area contributed by atoms with Gasteiger partial charge in [0.05, 0.1) is 12.9 Å². The van der Waals surface area contributed by atoms with E-state index in [9.17, 15) is 4.79 Å². The van der Waals surface area contributed by atoms with Crippen molar-refractivity contribution in [1.82, 2.24) is 5.32 Å². The molecule has 0 atom stereocenters. The molecular weight excluding hydrogens is 234 g/mol. The van der Waals surface area contributed by atoms with E-state index in [4.69, 9.17) is 4.74 Å². The highest BCUT2D eigenvalue weighted by Crippen LogP contribution is 2.25. The van der Waals surface area contributed by atoms with E-state index in [0.717, 1.165) is 11.3 Å². The number of nitrogens with one attached hydrogen (secondary N) is 1. The average Bonchev–Trinajstić information content (AvgIpc) is 2.36. The molecule has 0 bridgehead atoms. The monoisotopic (exact) mass is 253 g/mol. The van der Waals surface area contributed by atoms with Gasteiger partial charge in [-0.3, -0.25) is 4.79 Å². The maximum atomic E-state index is 11.2. The first kappa shape index (κ1) is 13.9. The lowest BCUT2D eigenvalue weighted by Crippen LogP contribution is -2.37. The van der Waals surface area contributed by atoms with Gasteiger partial charge in [-0.25, -0.2) is 0 Å². The summed E-state index contributed by atoms with van der Waals surface area (Å²) in [5, 5.41) is 2.85. The zero-order chi connectivity index (χ0) is 12.9. The number of carbonyl (C=O) groups excluding carboxylic acids is 1. The van der Waals surface area contributed by atoms with Crippen molar-refractivity contribution in [2.75, 3.05) is 19.4 Å². The van der Waals surface area contributed by atoms with E-state index in [2.05, 4.69) is 31.8 Å². The van der Waals surface area contributed by atoms with Gasteiger partial charge in [0.2, 0.25) is 5.91 Å². The van der Waals surface area contributed by atoms with Gasteiger partial charge in [-0.2, -0.15) is 12.6 Å². The Morgan fingerprint density at radius 3 is 2.76 bits per heavy atom. The van der Waals surface area contributed by atoms with Crippen molar-refractivity contribution in [3.63, 3.8) is 0 Å². The van der Waals surface area contributed by atoms with Crippen LogP contribution in [0.2, 0.25) is 0 Å². The molecule has 0 unspecified atom stereocenters. The lowest BCUT2D eigenvalue weighted by atomic mass is 9.84. The van der Waals surface area contributed by atoms with E-state index in [-0.39, 0.29) is 17.1 Å². The molecule has 0 radical (unpaired) electrons. The SMILES string of the molecule is COc1cccc(C(C)(C)CNC(=O)CS)c1. The summed E-state index contributed by atoms with van der Waals surface area (Å²) in [6.45, 7) is 4.75. The van der Waals surface area contributed by atoms with Crippen LogP contribution in [0.4, 0.5) is 0 Å². The lowest BCUT2D eigenvalue weighted by molar-refractivity contribution is -0.118.